The molecule has 1 saturated heterocycles. The van der Waals surface area contributed by atoms with Gasteiger partial charge in [0.1, 0.15) is 5.75 Å². The van der Waals surface area contributed by atoms with Crippen LogP contribution in [0.15, 0.2) is 36.4 Å². The molecule has 28 heavy (non-hydrogen) atoms. The minimum absolute atomic E-state index is 0. The first-order chi connectivity index (χ1) is 13.1. The van der Waals surface area contributed by atoms with Gasteiger partial charge in [-0.3, -0.25) is 0 Å². The van der Waals surface area contributed by atoms with Crippen molar-refractivity contribution < 1.29 is 9.47 Å². The van der Waals surface area contributed by atoms with E-state index in [1.54, 1.807) is 0 Å². The van der Waals surface area contributed by atoms with Gasteiger partial charge in [-0.25, -0.2) is 0 Å². The van der Waals surface area contributed by atoms with E-state index < -0.39 is 8.07 Å². The Morgan fingerprint density at radius 3 is 2.46 bits per heavy atom. The fourth-order valence-electron chi connectivity index (χ4n) is 4.29. The van der Waals surface area contributed by atoms with Crippen molar-refractivity contribution in [2.45, 2.75) is 71.4 Å². The van der Waals surface area contributed by atoms with E-state index in [0.717, 1.165) is 36.3 Å². The standard InChI is InChI=1S/C24H33O2Si.Li.H/c1-5-27(6-2,7-3)22-15-11-14-21(20-13-10-12-19(4)18-20)24(22)26-23-16-8-9-17-25-23;;/h10-12,14-15,18,23H,5-9,16-17H2,1-4H3;;. The van der Waals surface area contributed by atoms with Gasteiger partial charge in [-0.1, -0.05) is 80.9 Å². The summed E-state index contributed by atoms with van der Waals surface area (Å²) < 4.78 is 12.6. The molecule has 1 aliphatic heterocycles. The van der Waals surface area contributed by atoms with Gasteiger partial charge in [0, 0.05) is 12.0 Å². The molecule has 1 radical (unpaired) electrons. The zero-order valence-corrected chi connectivity index (χ0v) is 18.3. The van der Waals surface area contributed by atoms with Crippen molar-refractivity contribution in [2.24, 2.45) is 0 Å². The van der Waals surface area contributed by atoms with Crippen LogP contribution in [-0.4, -0.2) is 39.8 Å². The van der Waals surface area contributed by atoms with E-state index >= 15 is 0 Å². The fraction of sp³-hybridized carbons (Fsp3) is 0.500. The second kappa shape index (κ2) is 10.7. The van der Waals surface area contributed by atoms with Gasteiger partial charge in [0.2, 0.25) is 0 Å². The van der Waals surface area contributed by atoms with Gasteiger partial charge in [-0.2, -0.15) is 0 Å². The van der Waals surface area contributed by atoms with Crippen molar-refractivity contribution in [1.82, 2.24) is 0 Å². The van der Waals surface area contributed by atoms with Gasteiger partial charge in [-0.05, 0) is 36.6 Å². The molecule has 0 N–H and O–H groups in total. The molecule has 0 aliphatic carbocycles. The van der Waals surface area contributed by atoms with Gasteiger partial charge >= 0.3 is 18.9 Å². The number of ether oxygens (including phenoxy) is 2. The Balaban J connectivity index is 0.00000280. The Morgan fingerprint density at radius 1 is 1.11 bits per heavy atom. The second-order valence-corrected chi connectivity index (χ2v) is 12.9. The molecule has 1 heterocycles. The Labute approximate surface area is 184 Å². The molecule has 1 unspecified atom stereocenters. The van der Waals surface area contributed by atoms with E-state index in [1.807, 2.05) is 6.07 Å². The predicted molar refractivity (Wildman–Crippen MR) is 124 cm³/mol. The van der Waals surface area contributed by atoms with Crippen molar-refractivity contribution in [1.29, 1.82) is 0 Å². The number of para-hydroxylation sites is 1. The van der Waals surface area contributed by atoms with Gasteiger partial charge in [0.25, 0.3) is 0 Å². The van der Waals surface area contributed by atoms with E-state index in [9.17, 15) is 0 Å². The quantitative estimate of drug-likeness (QED) is 0.588. The summed E-state index contributed by atoms with van der Waals surface area (Å²) in [6.45, 7) is 9.99. The van der Waals surface area contributed by atoms with Crippen LogP contribution >= 0.6 is 0 Å². The zero-order valence-electron chi connectivity index (χ0n) is 17.3. The Bertz CT molecular complexity index is 744. The number of rotatable bonds is 7. The molecule has 0 bridgehead atoms. The number of aryl methyl sites for hydroxylation is 1. The average molecular weight is 390 g/mol. The van der Waals surface area contributed by atoms with Crippen molar-refractivity contribution in [3.63, 3.8) is 0 Å². The summed E-state index contributed by atoms with van der Waals surface area (Å²) in [6.07, 6.45) is 3.17. The summed E-state index contributed by atoms with van der Waals surface area (Å²) in [4.78, 5) is 0. The summed E-state index contributed by atoms with van der Waals surface area (Å²) in [5.74, 6) is 1.06. The summed E-state index contributed by atoms with van der Waals surface area (Å²) in [5.41, 5.74) is 3.53. The summed E-state index contributed by atoms with van der Waals surface area (Å²) >= 11 is 0. The van der Waals surface area contributed by atoms with Crippen molar-refractivity contribution in [2.75, 3.05) is 6.61 Å². The molecule has 1 aliphatic rings. The van der Waals surface area contributed by atoms with Crippen molar-refractivity contribution in [3.05, 3.63) is 48.0 Å². The fourth-order valence-corrected chi connectivity index (χ4v) is 8.05. The van der Waals surface area contributed by atoms with Gasteiger partial charge < -0.3 is 9.47 Å². The summed E-state index contributed by atoms with van der Waals surface area (Å²) in [6, 6.07) is 20.2. The number of benzene rings is 2. The third-order valence-corrected chi connectivity index (χ3v) is 11.8. The topological polar surface area (TPSA) is 18.5 Å². The van der Waals surface area contributed by atoms with E-state index in [0.29, 0.717) is 0 Å². The molecule has 3 rings (SSSR count). The Morgan fingerprint density at radius 2 is 1.86 bits per heavy atom. The molecule has 0 aromatic heterocycles. The molecule has 0 spiro atoms. The molecular formula is C24H34LiO2Si. The van der Waals surface area contributed by atoms with E-state index in [1.165, 1.54) is 35.3 Å². The number of hydrogen-bond donors (Lipinski definition) is 0. The van der Waals surface area contributed by atoms with Gasteiger partial charge in [0.05, 0.1) is 14.7 Å². The van der Waals surface area contributed by atoms with Crippen LogP contribution < -0.4 is 9.92 Å². The van der Waals surface area contributed by atoms with Crippen molar-refractivity contribution >= 4 is 32.1 Å². The monoisotopic (exact) mass is 389 g/mol. The maximum absolute atomic E-state index is 6.62. The van der Waals surface area contributed by atoms with Crippen LogP contribution in [0.2, 0.25) is 18.1 Å². The molecular weight excluding hydrogens is 355 g/mol. The first kappa shape index (κ1) is 23.3. The molecule has 147 valence electrons. The third kappa shape index (κ3) is 4.94. The first-order valence-electron chi connectivity index (χ1n) is 10.5. The van der Waals surface area contributed by atoms with E-state index in [4.69, 9.17) is 9.47 Å². The first-order valence-corrected chi connectivity index (χ1v) is 13.2. The van der Waals surface area contributed by atoms with Gasteiger partial charge in [-0.15, -0.1) is 0 Å². The van der Waals surface area contributed by atoms with Crippen LogP contribution in [0.3, 0.4) is 0 Å². The van der Waals surface area contributed by atoms with Crippen LogP contribution in [-0.2, 0) is 4.74 Å². The molecule has 2 aromatic rings. The normalized spacial score (nSPS) is 17.1. The summed E-state index contributed by atoms with van der Waals surface area (Å²) in [7, 11) is -1.59. The van der Waals surface area contributed by atoms with E-state index in [2.05, 4.69) is 64.1 Å². The predicted octanol–water partition coefficient (Wildman–Crippen LogP) is 5.43. The molecule has 4 heteroatoms. The molecule has 0 amide bonds. The van der Waals surface area contributed by atoms with Crippen LogP contribution in [0.4, 0.5) is 0 Å². The minimum atomic E-state index is -1.59. The maximum atomic E-state index is 6.62. The molecule has 2 nitrogen and oxygen atoms in total. The van der Waals surface area contributed by atoms with Gasteiger partial charge in [0.15, 0.2) is 6.29 Å². The SMILES string of the molecule is CC[Si](CC)(CC)c1cccc(-c2[c]ccc(C)c2)c1OC1CCCCO1.[LiH]. The third-order valence-electron chi connectivity index (χ3n) is 6.25. The average Bonchev–Trinajstić information content (AvgIpc) is 2.71. The van der Waals surface area contributed by atoms with E-state index in [-0.39, 0.29) is 25.2 Å². The second-order valence-electron chi connectivity index (χ2n) is 7.72. The zero-order chi connectivity index (χ0) is 19.3. The van der Waals surface area contributed by atoms with Crippen LogP contribution in [0.5, 0.6) is 5.75 Å². The van der Waals surface area contributed by atoms with Crippen LogP contribution in [0.25, 0.3) is 11.1 Å². The molecule has 1 fully saturated rings. The summed E-state index contributed by atoms with van der Waals surface area (Å²) in [5, 5.41) is 1.46. The molecule has 1 atom stereocenters. The van der Waals surface area contributed by atoms with Crippen molar-refractivity contribution in [3.8, 4) is 16.9 Å². The Hall–Kier alpha value is -0.986. The van der Waals surface area contributed by atoms with Crippen LogP contribution in [0.1, 0.15) is 45.6 Å². The number of hydrogen-bond acceptors (Lipinski definition) is 2. The Kier molecular flexibility index (Phi) is 8.90. The molecule has 0 saturated carbocycles. The van der Waals surface area contributed by atoms with Crippen LogP contribution in [0, 0.1) is 13.0 Å². The molecule has 2 aromatic carbocycles.